The Kier molecular flexibility index (Phi) is 5.84. The fourth-order valence-corrected chi connectivity index (χ4v) is 2.37. The Morgan fingerprint density at radius 2 is 1.64 bits per heavy atom. The molecule has 0 radical (unpaired) electrons. The van der Waals surface area contributed by atoms with Crippen molar-refractivity contribution in [2.75, 3.05) is 7.11 Å². The molecule has 0 fully saturated rings. The minimum Gasteiger partial charge on any atom is -0.493 e. The monoisotopic (exact) mass is 299 g/mol. The fraction of sp³-hybridized carbons (Fsp3) is 0.368. The van der Waals surface area contributed by atoms with Gasteiger partial charge < -0.3 is 14.8 Å². The average molecular weight is 299 g/mol. The number of ether oxygens (including phenoxy) is 2. The van der Waals surface area contributed by atoms with Gasteiger partial charge in [0.2, 0.25) is 0 Å². The van der Waals surface area contributed by atoms with Gasteiger partial charge in [0, 0.05) is 18.7 Å². The van der Waals surface area contributed by atoms with E-state index in [-0.39, 0.29) is 6.10 Å². The predicted molar refractivity (Wildman–Crippen MR) is 90.5 cm³/mol. The Bertz CT molecular complexity index is 608. The summed E-state index contributed by atoms with van der Waals surface area (Å²) < 4.78 is 11.3. The smallest absolute Gasteiger partial charge is 0.166 e. The number of rotatable bonds is 7. The Morgan fingerprint density at radius 1 is 0.955 bits per heavy atom. The lowest BCUT2D eigenvalue weighted by molar-refractivity contribution is 0.227. The summed E-state index contributed by atoms with van der Waals surface area (Å²) in [4.78, 5) is 0. The van der Waals surface area contributed by atoms with Crippen LogP contribution in [0, 0.1) is 6.92 Å². The van der Waals surface area contributed by atoms with E-state index in [1.807, 2.05) is 26.0 Å². The van der Waals surface area contributed by atoms with Crippen LogP contribution in [-0.4, -0.2) is 13.2 Å². The number of methoxy groups -OCH3 is 1. The molecular formula is C19H25NO2. The lowest BCUT2D eigenvalue weighted by Gasteiger charge is -2.18. The van der Waals surface area contributed by atoms with E-state index in [9.17, 15) is 0 Å². The molecule has 0 bridgehead atoms. The Labute approximate surface area is 133 Å². The second-order valence-electron chi connectivity index (χ2n) is 5.65. The lowest BCUT2D eigenvalue weighted by atomic mass is 10.1. The first-order valence-corrected chi connectivity index (χ1v) is 7.69. The van der Waals surface area contributed by atoms with Crippen LogP contribution in [0.25, 0.3) is 0 Å². The normalized spacial score (nSPS) is 10.8. The van der Waals surface area contributed by atoms with Gasteiger partial charge >= 0.3 is 0 Å². The molecule has 0 atom stereocenters. The van der Waals surface area contributed by atoms with E-state index >= 15 is 0 Å². The fourth-order valence-electron chi connectivity index (χ4n) is 2.37. The summed E-state index contributed by atoms with van der Waals surface area (Å²) in [6.45, 7) is 7.77. The Morgan fingerprint density at radius 3 is 2.32 bits per heavy atom. The molecule has 0 aliphatic rings. The maximum atomic E-state index is 5.93. The highest BCUT2D eigenvalue weighted by Gasteiger charge is 2.12. The second-order valence-corrected chi connectivity index (χ2v) is 5.65. The van der Waals surface area contributed by atoms with Gasteiger partial charge in [0.1, 0.15) is 0 Å². The van der Waals surface area contributed by atoms with E-state index in [0.29, 0.717) is 0 Å². The molecule has 0 aliphatic heterocycles. The van der Waals surface area contributed by atoms with Gasteiger partial charge in [-0.1, -0.05) is 36.4 Å². The van der Waals surface area contributed by atoms with Gasteiger partial charge in [-0.2, -0.15) is 0 Å². The molecule has 2 aromatic carbocycles. The van der Waals surface area contributed by atoms with Crippen molar-refractivity contribution in [3.63, 3.8) is 0 Å². The molecule has 22 heavy (non-hydrogen) atoms. The summed E-state index contributed by atoms with van der Waals surface area (Å²) in [7, 11) is 1.67. The summed E-state index contributed by atoms with van der Waals surface area (Å²) in [5.74, 6) is 1.61. The van der Waals surface area contributed by atoms with Crippen LogP contribution >= 0.6 is 0 Å². The molecule has 3 nitrogen and oxygen atoms in total. The highest BCUT2D eigenvalue weighted by molar-refractivity contribution is 5.46. The number of para-hydroxylation sites is 1. The molecular weight excluding hydrogens is 274 g/mol. The van der Waals surface area contributed by atoms with E-state index < -0.39 is 0 Å². The van der Waals surface area contributed by atoms with Crippen LogP contribution in [0.15, 0.2) is 42.5 Å². The van der Waals surface area contributed by atoms with Crippen molar-refractivity contribution in [3.05, 3.63) is 59.2 Å². The molecule has 2 aromatic rings. The number of hydrogen-bond acceptors (Lipinski definition) is 3. The number of nitrogens with one attached hydrogen (secondary N) is 1. The van der Waals surface area contributed by atoms with E-state index in [1.54, 1.807) is 7.11 Å². The number of benzene rings is 2. The summed E-state index contributed by atoms with van der Waals surface area (Å²) in [6, 6.07) is 14.4. The van der Waals surface area contributed by atoms with Crippen LogP contribution < -0.4 is 14.8 Å². The molecule has 0 aliphatic carbocycles. The molecule has 2 rings (SSSR count). The van der Waals surface area contributed by atoms with Crippen LogP contribution in [0.4, 0.5) is 0 Å². The quantitative estimate of drug-likeness (QED) is 0.835. The van der Waals surface area contributed by atoms with Crippen LogP contribution in [0.3, 0.4) is 0 Å². The maximum absolute atomic E-state index is 5.93. The number of hydrogen-bond donors (Lipinski definition) is 1. The van der Waals surface area contributed by atoms with Crippen molar-refractivity contribution in [1.82, 2.24) is 5.32 Å². The minimum atomic E-state index is 0.117. The average Bonchev–Trinajstić information content (AvgIpc) is 2.50. The molecule has 3 heteroatoms. The molecule has 118 valence electrons. The first-order valence-electron chi connectivity index (χ1n) is 7.69. The molecule has 0 saturated heterocycles. The third kappa shape index (κ3) is 4.25. The third-order valence-electron chi connectivity index (χ3n) is 3.53. The zero-order valence-electron chi connectivity index (χ0n) is 13.8. The predicted octanol–water partition coefficient (Wildman–Crippen LogP) is 4.08. The first kappa shape index (κ1) is 16.4. The molecule has 0 amide bonds. The van der Waals surface area contributed by atoms with Crippen molar-refractivity contribution in [2.45, 2.75) is 40.0 Å². The summed E-state index contributed by atoms with van der Waals surface area (Å²) in [5.41, 5.74) is 3.73. The first-order chi connectivity index (χ1) is 10.6. The van der Waals surface area contributed by atoms with E-state index in [4.69, 9.17) is 9.47 Å². The van der Waals surface area contributed by atoms with Crippen molar-refractivity contribution < 1.29 is 9.47 Å². The molecule has 0 aromatic heterocycles. The summed E-state index contributed by atoms with van der Waals surface area (Å²) >= 11 is 0. The van der Waals surface area contributed by atoms with Gasteiger partial charge in [0.15, 0.2) is 11.5 Å². The van der Waals surface area contributed by atoms with Gasteiger partial charge in [0.25, 0.3) is 0 Å². The van der Waals surface area contributed by atoms with Gasteiger partial charge in [-0.25, -0.2) is 0 Å². The van der Waals surface area contributed by atoms with Crippen molar-refractivity contribution in [1.29, 1.82) is 0 Å². The maximum Gasteiger partial charge on any atom is 0.166 e. The van der Waals surface area contributed by atoms with E-state index in [2.05, 4.69) is 42.6 Å². The molecule has 0 spiro atoms. The van der Waals surface area contributed by atoms with Crippen LogP contribution in [0.2, 0.25) is 0 Å². The van der Waals surface area contributed by atoms with E-state index in [1.165, 1.54) is 11.1 Å². The highest BCUT2D eigenvalue weighted by atomic mass is 16.5. The van der Waals surface area contributed by atoms with Crippen molar-refractivity contribution in [2.24, 2.45) is 0 Å². The Balaban J connectivity index is 2.07. The van der Waals surface area contributed by atoms with E-state index in [0.717, 1.165) is 30.2 Å². The number of aryl methyl sites for hydroxylation is 1. The van der Waals surface area contributed by atoms with Crippen LogP contribution in [0.5, 0.6) is 11.5 Å². The van der Waals surface area contributed by atoms with Gasteiger partial charge in [0.05, 0.1) is 13.2 Å². The minimum absolute atomic E-state index is 0.117. The summed E-state index contributed by atoms with van der Waals surface area (Å²) in [5, 5.41) is 3.49. The largest absolute Gasteiger partial charge is 0.493 e. The lowest BCUT2D eigenvalue weighted by Crippen LogP contribution is -2.16. The van der Waals surface area contributed by atoms with Crippen molar-refractivity contribution >= 4 is 0 Å². The molecule has 1 N–H and O–H groups in total. The SMILES string of the molecule is COc1cccc(CNCc2ccccc2C)c1OC(C)C. The molecule has 0 saturated carbocycles. The zero-order valence-corrected chi connectivity index (χ0v) is 13.8. The molecule has 0 unspecified atom stereocenters. The second kappa shape index (κ2) is 7.85. The van der Waals surface area contributed by atoms with Crippen molar-refractivity contribution in [3.8, 4) is 11.5 Å². The Hall–Kier alpha value is -2.00. The zero-order chi connectivity index (χ0) is 15.9. The highest BCUT2D eigenvalue weighted by Crippen LogP contribution is 2.32. The van der Waals surface area contributed by atoms with Crippen LogP contribution in [0.1, 0.15) is 30.5 Å². The standard InChI is InChI=1S/C19H25NO2/c1-14(2)22-19-17(10-7-11-18(19)21-4)13-20-12-16-9-6-5-8-15(16)3/h5-11,14,20H,12-13H2,1-4H3. The van der Waals surface area contributed by atoms with Gasteiger partial charge in [-0.15, -0.1) is 0 Å². The van der Waals surface area contributed by atoms with Crippen LogP contribution in [-0.2, 0) is 13.1 Å². The topological polar surface area (TPSA) is 30.5 Å². The third-order valence-corrected chi connectivity index (χ3v) is 3.53. The van der Waals surface area contributed by atoms with Gasteiger partial charge in [-0.05, 0) is 38.0 Å². The van der Waals surface area contributed by atoms with Gasteiger partial charge in [-0.3, -0.25) is 0 Å². The summed E-state index contributed by atoms with van der Waals surface area (Å²) in [6.07, 6.45) is 0.117. The molecule has 0 heterocycles.